The van der Waals surface area contributed by atoms with Gasteiger partial charge in [-0.15, -0.1) is 16.8 Å². The molecule has 2 aromatic carbocycles. The highest BCUT2D eigenvalue weighted by atomic mass is 35.5. The molecule has 0 radical (unpaired) electrons. The lowest BCUT2D eigenvalue weighted by molar-refractivity contribution is -0.113. The second-order valence-electron chi connectivity index (χ2n) is 6.98. The molecule has 1 N–H and O–H groups in total. The van der Waals surface area contributed by atoms with Gasteiger partial charge >= 0.3 is 0 Å². The maximum atomic E-state index is 12.4. The number of aromatic nitrogens is 3. The van der Waals surface area contributed by atoms with Gasteiger partial charge in [0.05, 0.1) is 23.1 Å². The maximum Gasteiger partial charge on any atom is 0.234 e. The number of nitrogens with one attached hydrogen (secondary N) is 1. The lowest BCUT2D eigenvalue weighted by Crippen LogP contribution is -2.15. The first-order valence-electron chi connectivity index (χ1n) is 10.1. The number of carbonyl (C=O) groups is 1. The zero-order valence-corrected chi connectivity index (χ0v) is 20.0. The SMILES string of the molecule is C=CCn1c(CCCOc2ccccc2C)nnc1SCC(=O)Nc1ccc(Cl)cc1Cl. The highest BCUT2D eigenvalue weighted by Crippen LogP contribution is 2.26. The summed E-state index contributed by atoms with van der Waals surface area (Å²) in [5.41, 5.74) is 1.63. The molecule has 0 fully saturated rings. The van der Waals surface area contributed by atoms with Crippen LogP contribution in [0.5, 0.6) is 5.75 Å². The van der Waals surface area contributed by atoms with E-state index in [9.17, 15) is 4.79 Å². The quantitative estimate of drug-likeness (QED) is 0.208. The van der Waals surface area contributed by atoms with Crippen molar-refractivity contribution in [3.8, 4) is 5.75 Å². The number of halogens is 2. The fraction of sp³-hybridized carbons (Fsp3) is 0.261. The zero-order chi connectivity index (χ0) is 22.9. The molecule has 0 aliphatic rings. The van der Waals surface area contributed by atoms with Gasteiger partial charge in [0.2, 0.25) is 5.91 Å². The molecule has 1 amide bonds. The summed E-state index contributed by atoms with van der Waals surface area (Å²) in [6, 6.07) is 12.9. The number of ether oxygens (including phenoxy) is 1. The average molecular weight is 491 g/mol. The lowest BCUT2D eigenvalue weighted by atomic mass is 10.2. The van der Waals surface area contributed by atoms with Crippen LogP contribution in [0, 0.1) is 6.92 Å². The Balaban J connectivity index is 1.53. The average Bonchev–Trinajstić information content (AvgIpc) is 3.15. The van der Waals surface area contributed by atoms with Crippen molar-refractivity contribution >= 4 is 46.6 Å². The molecule has 168 valence electrons. The predicted octanol–water partition coefficient (Wildman–Crippen LogP) is 5.82. The van der Waals surface area contributed by atoms with Gasteiger partial charge in [-0.05, 0) is 43.2 Å². The molecular formula is C23H24Cl2N4O2S. The summed E-state index contributed by atoms with van der Waals surface area (Å²) >= 11 is 13.3. The molecule has 9 heteroatoms. The Hall–Kier alpha value is -2.48. The molecule has 0 bridgehead atoms. The molecule has 32 heavy (non-hydrogen) atoms. The van der Waals surface area contributed by atoms with Crippen molar-refractivity contribution in [3.05, 3.63) is 76.6 Å². The summed E-state index contributed by atoms with van der Waals surface area (Å²) in [6.07, 6.45) is 3.29. The number of para-hydroxylation sites is 1. The highest BCUT2D eigenvalue weighted by molar-refractivity contribution is 7.99. The third kappa shape index (κ3) is 6.76. The molecule has 0 spiro atoms. The molecular weight excluding hydrogens is 467 g/mol. The molecule has 0 saturated carbocycles. The van der Waals surface area contributed by atoms with Crippen molar-refractivity contribution in [2.45, 2.75) is 31.5 Å². The van der Waals surface area contributed by atoms with Crippen molar-refractivity contribution < 1.29 is 9.53 Å². The van der Waals surface area contributed by atoms with Crippen LogP contribution in [0.3, 0.4) is 0 Å². The lowest BCUT2D eigenvalue weighted by Gasteiger charge is -2.10. The molecule has 3 aromatic rings. The van der Waals surface area contributed by atoms with E-state index in [0.717, 1.165) is 23.6 Å². The molecule has 6 nitrogen and oxygen atoms in total. The summed E-state index contributed by atoms with van der Waals surface area (Å²) in [7, 11) is 0. The number of rotatable bonds is 11. The third-order valence-corrected chi connectivity index (χ3v) is 6.05. The Morgan fingerprint density at radius 2 is 2.06 bits per heavy atom. The third-order valence-electron chi connectivity index (χ3n) is 4.54. The van der Waals surface area contributed by atoms with Crippen molar-refractivity contribution in [3.63, 3.8) is 0 Å². The van der Waals surface area contributed by atoms with Gasteiger partial charge in [0.15, 0.2) is 5.16 Å². The van der Waals surface area contributed by atoms with Crippen LogP contribution in [-0.4, -0.2) is 33.0 Å². The molecule has 3 rings (SSSR count). The molecule has 0 saturated heterocycles. The van der Waals surface area contributed by atoms with E-state index >= 15 is 0 Å². The minimum Gasteiger partial charge on any atom is -0.493 e. The van der Waals surface area contributed by atoms with Gasteiger partial charge in [0.25, 0.3) is 0 Å². The normalized spacial score (nSPS) is 10.7. The van der Waals surface area contributed by atoms with E-state index in [2.05, 4.69) is 22.1 Å². The maximum absolute atomic E-state index is 12.4. The largest absolute Gasteiger partial charge is 0.493 e. The molecule has 0 aliphatic heterocycles. The first-order valence-corrected chi connectivity index (χ1v) is 11.8. The van der Waals surface area contributed by atoms with Crippen molar-refractivity contribution in [1.82, 2.24) is 14.8 Å². The summed E-state index contributed by atoms with van der Waals surface area (Å²) in [5.74, 6) is 1.70. The van der Waals surface area contributed by atoms with Gasteiger partial charge in [0, 0.05) is 18.0 Å². The Morgan fingerprint density at radius 3 is 2.81 bits per heavy atom. The fourth-order valence-corrected chi connectivity index (χ4v) is 4.18. The summed E-state index contributed by atoms with van der Waals surface area (Å²) in [4.78, 5) is 12.4. The van der Waals surface area contributed by atoms with Crippen LogP contribution in [0.25, 0.3) is 0 Å². The van der Waals surface area contributed by atoms with Crippen molar-refractivity contribution in [2.75, 3.05) is 17.7 Å². The second-order valence-corrected chi connectivity index (χ2v) is 8.76. The summed E-state index contributed by atoms with van der Waals surface area (Å²) < 4.78 is 7.83. The number of carbonyl (C=O) groups excluding carboxylic acids is 1. The van der Waals surface area contributed by atoms with Gasteiger partial charge in [0.1, 0.15) is 11.6 Å². The van der Waals surface area contributed by atoms with Gasteiger partial charge in [-0.25, -0.2) is 0 Å². The fourth-order valence-electron chi connectivity index (χ4n) is 2.96. The Kier molecular flexibility index (Phi) is 9.02. The van der Waals surface area contributed by atoms with E-state index in [0.29, 0.717) is 40.5 Å². The number of thioether (sulfide) groups is 1. The summed E-state index contributed by atoms with van der Waals surface area (Å²) in [6.45, 7) is 6.99. The molecule has 0 atom stereocenters. The van der Waals surface area contributed by atoms with Crippen LogP contribution >= 0.6 is 35.0 Å². The number of nitrogens with zero attached hydrogens (tertiary/aromatic N) is 3. The van der Waals surface area contributed by atoms with E-state index in [1.54, 1.807) is 24.3 Å². The van der Waals surface area contributed by atoms with Crippen LogP contribution in [-0.2, 0) is 17.8 Å². The van der Waals surface area contributed by atoms with Crippen LogP contribution in [0.4, 0.5) is 5.69 Å². The predicted molar refractivity (Wildman–Crippen MR) is 131 cm³/mol. The van der Waals surface area contributed by atoms with E-state index in [1.807, 2.05) is 35.8 Å². The smallest absolute Gasteiger partial charge is 0.234 e. The van der Waals surface area contributed by atoms with Gasteiger partial charge in [-0.3, -0.25) is 4.79 Å². The molecule has 0 unspecified atom stereocenters. The number of benzene rings is 2. The monoisotopic (exact) mass is 490 g/mol. The Bertz CT molecular complexity index is 1090. The topological polar surface area (TPSA) is 69.0 Å². The Labute approximate surface area is 202 Å². The van der Waals surface area contributed by atoms with Crippen molar-refractivity contribution in [2.24, 2.45) is 0 Å². The number of hydrogen-bond donors (Lipinski definition) is 1. The van der Waals surface area contributed by atoms with Crippen LogP contribution in [0.1, 0.15) is 17.8 Å². The number of allylic oxidation sites excluding steroid dienone is 1. The van der Waals surface area contributed by atoms with E-state index in [1.165, 1.54) is 11.8 Å². The number of hydrogen-bond acceptors (Lipinski definition) is 5. The number of amides is 1. The van der Waals surface area contributed by atoms with Crippen LogP contribution < -0.4 is 10.1 Å². The Morgan fingerprint density at radius 1 is 1.25 bits per heavy atom. The standard InChI is InChI=1S/C23H24Cl2N4O2S/c1-3-12-29-21(9-6-13-31-20-8-5-4-7-16(20)2)27-28-23(29)32-15-22(30)26-19-11-10-17(24)14-18(19)25/h3-5,7-8,10-11,14H,1,6,9,12-13,15H2,2H3,(H,26,30). The van der Waals surface area contributed by atoms with E-state index in [-0.39, 0.29) is 11.7 Å². The van der Waals surface area contributed by atoms with Gasteiger partial charge in [-0.2, -0.15) is 0 Å². The first-order chi connectivity index (χ1) is 15.5. The minimum absolute atomic E-state index is 0.171. The van der Waals surface area contributed by atoms with Gasteiger partial charge < -0.3 is 14.6 Å². The van der Waals surface area contributed by atoms with Crippen LogP contribution in [0.15, 0.2) is 60.3 Å². The molecule has 1 heterocycles. The minimum atomic E-state index is -0.194. The number of aryl methyl sites for hydroxylation is 2. The van der Waals surface area contributed by atoms with Crippen LogP contribution in [0.2, 0.25) is 10.0 Å². The highest BCUT2D eigenvalue weighted by Gasteiger charge is 2.14. The number of anilines is 1. The van der Waals surface area contributed by atoms with Crippen molar-refractivity contribution in [1.29, 1.82) is 0 Å². The molecule has 0 aliphatic carbocycles. The van der Waals surface area contributed by atoms with E-state index in [4.69, 9.17) is 27.9 Å². The van der Waals surface area contributed by atoms with Gasteiger partial charge in [-0.1, -0.05) is 59.2 Å². The first kappa shape index (κ1) is 24.2. The molecule has 1 aromatic heterocycles. The zero-order valence-electron chi connectivity index (χ0n) is 17.7. The second kappa shape index (κ2) is 11.9. The van der Waals surface area contributed by atoms with E-state index < -0.39 is 0 Å². The summed E-state index contributed by atoms with van der Waals surface area (Å²) in [5, 5.41) is 12.9.